The van der Waals surface area contributed by atoms with E-state index in [1.165, 1.54) is 6.33 Å². The smallest absolute Gasteiger partial charge is 0.414 e. The molecule has 0 bridgehead atoms. The number of benzene rings is 1. The molecule has 0 unspecified atom stereocenters. The topological polar surface area (TPSA) is 102 Å². The normalized spacial score (nSPS) is 11.3. The van der Waals surface area contributed by atoms with Gasteiger partial charge in [-0.3, -0.25) is 5.32 Å². The highest BCUT2D eigenvalue weighted by Gasteiger charge is 2.19. The zero-order chi connectivity index (χ0) is 17.2. The number of anilines is 1. The van der Waals surface area contributed by atoms with Crippen molar-refractivity contribution in [2.24, 2.45) is 0 Å². The summed E-state index contributed by atoms with van der Waals surface area (Å²) in [5.74, 6) is 0.917. The SMILES string of the molecule is CC(C)(C)OC(=O)Nc1nc(Oc2ccccc2)c2[nH]cnc2n1. The van der Waals surface area contributed by atoms with Gasteiger partial charge in [-0.1, -0.05) is 18.2 Å². The van der Waals surface area contributed by atoms with Crippen LogP contribution in [0.3, 0.4) is 0 Å². The molecular weight excluding hydrogens is 310 g/mol. The average Bonchev–Trinajstić information content (AvgIpc) is 2.95. The highest BCUT2D eigenvalue weighted by Crippen LogP contribution is 2.26. The molecule has 0 aliphatic heterocycles. The first-order valence-electron chi connectivity index (χ1n) is 7.35. The fourth-order valence-corrected chi connectivity index (χ4v) is 1.93. The van der Waals surface area contributed by atoms with Crippen LogP contribution in [-0.2, 0) is 4.74 Å². The van der Waals surface area contributed by atoms with Crippen LogP contribution in [0.4, 0.5) is 10.7 Å². The van der Waals surface area contributed by atoms with Crippen LogP contribution in [0.1, 0.15) is 20.8 Å². The number of aromatic amines is 1. The van der Waals surface area contributed by atoms with Crippen molar-refractivity contribution in [3.8, 4) is 11.6 Å². The number of hydrogen-bond acceptors (Lipinski definition) is 6. The third-order valence-corrected chi connectivity index (χ3v) is 2.82. The summed E-state index contributed by atoms with van der Waals surface area (Å²) in [6, 6.07) is 9.17. The van der Waals surface area contributed by atoms with Crippen molar-refractivity contribution < 1.29 is 14.3 Å². The van der Waals surface area contributed by atoms with E-state index in [1.807, 2.05) is 18.2 Å². The monoisotopic (exact) mass is 327 g/mol. The predicted octanol–water partition coefficient (Wildman–Crippen LogP) is 3.49. The molecular formula is C16H17N5O3. The highest BCUT2D eigenvalue weighted by atomic mass is 16.6. The molecule has 124 valence electrons. The Bertz CT molecular complexity index is 855. The van der Waals surface area contributed by atoms with Gasteiger partial charge in [0.15, 0.2) is 5.65 Å². The van der Waals surface area contributed by atoms with Gasteiger partial charge in [0.25, 0.3) is 5.88 Å². The van der Waals surface area contributed by atoms with E-state index in [0.29, 0.717) is 16.9 Å². The molecule has 8 heteroatoms. The molecule has 0 aliphatic carbocycles. The second-order valence-electron chi connectivity index (χ2n) is 6.00. The summed E-state index contributed by atoms with van der Waals surface area (Å²) in [4.78, 5) is 27.3. The molecule has 3 aromatic rings. The molecule has 0 saturated heterocycles. The third-order valence-electron chi connectivity index (χ3n) is 2.82. The minimum absolute atomic E-state index is 0.0507. The molecule has 8 nitrogen and oxygen atoms in total. The number of fused-ring (bicyclic) bond motifs is 1. The maximum absolute atomic E-state index is 11.9. The van der Waals surface area contributed by atoms with Crippen LogP contribution < -0.4 is 10.1 Å². The van der Waals surface area contributed by atoms with Crippen molar-refractivity contribution in [1.82, 2.24) is 19.9 Å². The molecule has 0 fully saturated rings. The van der Waals surface area contributed by atoms with Crippen molar-refractivity contribution in [3.63, 3.8) is 0 Å². The fraction of sp³-hybridized carbons (Fsp3) is 0.250. The van der Waals surface area contributed by atoms with Gasteiger partial charge in [-0.25, -0.2) is 9.78 Å². The molecule has 0 aliphatic rings. The van der Waals surface area contributed by atoms with Gasteiger partial charge >= 0.3 is 6.09 Å². The van der Waals surface area contributed by atoms with Crippen LogP contribution in [0.25, 0.3) is 11.2 Å². The van der Waals surface area contributed by atoms with E-state index >= 15 is 0 Å². The molecule has 0 radical (unpaired) electrons. The lowest BCUT2D eigenvalue weighted by molar-refractivity contribution is 0.0634. The largest absolute Gasteiger partial charge is 0.444 e. The molecule has 1 aromatic carbocycles. The van der Waals surface area contributed by atoms with E-state index < -0.39 is 11.7 Å². The molecule has 2 heterocycles. The number of aromatic nitrogens is 4. The molecule has 0 saturated carbocycles. The minimum atomic E-state index is -0.650. The Kier molecular flexibility index (Phi) is 4.03. The van der Waals surface area contributed by atoms with E-state index in [9.17, 15) is 4.79 Å². The number of H-pyrrole nitrogens is 1. The van der Waals surface area contributed by atoms with Crippen LogP contribution in [0.15, 0.2) is 36.7 Å². The summed E-state index contributed by atoms with van der Waals surface area (Å²) in [6.07, 6.45) is 0.831. The van der Waals surface area contributed by atoms with E-state index in [2.05, 4.69) is 25.3 Å². The van der Waals surface area contributed by atoms with Gasteiger partial charge in [0.1, 0.15) is 16.9 Å². The maximum atomic E-state index is 11.9. The second-order valence-corrected chi connectivity index (χ2v) is 6.00. The Hall–Kier alpha value is -3.16. The first-order valence-corrected chi connectivity index (χ1v) is 7.35. The molecule has 3 rings (SSSR count). The molecule has 2 N–H and O–H groups in total. The number of imidazole rings is 1. The molecule has 0 spiro atoms. The summed E-state index contributed by atoms with van der Waals surface area (Å²) >= 11 is 0. The Balaban J connectivity index is 1.88. The second kappa shape index (κ2) is 6.15. The summed E-state index contributed by atoms with van der Waals surface area (Å²) < 4.78 is 11.0. The lowest BCUT2D eigenvalue weighted by Crippen LogP contribution is -2.27. The lowest BCUT2D eigenvalue weighted by atomic mass is 10.2. The average molecular weight is 327 g/mol. The number of hydrogen-bond donors (Lipinski definition) is 2. The van der Waals surface area contributed by atoms with Crippen molar-refractivity contribution in [2.45, 2.75) is 26.4 Å². The molecule has 1 amide bonds. The van der Waals surface area contributed by atoms with Crippen LogP contribution in [0.2, 0.25) is 0 Å². The number of nitrogens with zero attached hydrogens (tertiary/aromatic N) is 3. The summed E-state index contributed by atoms with van der Waals surface area (Å²) in [5, 5.41) is 2.49. The Morgan fingerprint density at radius 1 is 1.17 bits per heavy atom. The highest BCUT2D eigenvalue weighted by molar-refractivity contribution is 5.85. The van der Waals surface area contributed by atoms with Crippen LogP contribution in [-0.4, -0.2) is 31.6 Å². The minimum Gasteiger partial charge on any atom is -0.444 e. The van der Waals surface area contributed by atoms with Gasteiger partial charge in [0.2, 0.25) is 5.95 Å². The van der Waals surface area contributed by atoms with Crippen molar-refractivity contribution in [1.29, 1.82) is 0 Å². The van der Waals surface area contributed by atoms with Gasteiger partial charge in [0, 0.05) is 0 Å². The van der Waals surface area contributed by atoms with Crippen LogP contribution in [0.5, 0.6) is 11.6 Å². The number of carbonyl (C=O) groups excluding carboxylic acids is 1. The van der Waals surface area contributed by atoms with Gasteiger partial charge in [-0.05, 0) is 32.9 Å². The summed E-state index contributed by atoms with van der Waals surface area (Å²) in [5.41, 5.74) is 0.291. The van der Waals surface area contributed by atoms with Gasteiger partial charge in [-0.15, -0.1) is 0 Å². The first kappa shape index (κ1) is 15.7. The number of para-hydroxylation sites is 1. The van der Waals surface area contributed by atoms with E-state index in [0.717, 1.165) is 0 Å². The number of rotatable bonds is 3. The predicted molar refractivity (Wildman–Crippen MR) is 88.1 cm³/mol. The standard InChI is InChI=1S/C16H17N5O3/c1-16(2,3)24-15(22)21-14-19-12-11(17-9-18-12)13(20-14)23-10-7-5-4-6-8-10/h4-9H,1-3H3,(H2,17,18,19,20,21,22). The van der Waals surface area contributed by atoms with Crippen LogP contribution >= 0.6 is 0 Å². The zero-order valence-corrected chi connectivity index (χ0v) is 13.5. The molecule has 0 atom stereocenters. The van der Waals surface area contributed by atoms with E-state index in [4.69, 9.17) is 9.47 Å². The number of ether oxygens (including phenoxy) is 2. The maximum Gasteiger partial charge on any atom is 0.414 e. The van der Waals surface area contributed by atoms with E-state index in [-0.39, 0.29) is 11.8 Å². The van der Waals surface area contributed by atoms with Crippen molar-refractivity contribution in [2.75, 3.05) is 5.32 Å². The Morgan fingerprint density at radius 2 is 1.92 bits per heavy atom. The van der Waals surface area contributed by atoms with Gasteiger partial charge in [0.05, 0.1) is 6.33 Å². The summed E-state index contributed by atoms with van der Waals surface area (Å²) in [7, 11) is 0. The number of carbonyl (C=O) groups is 1. The fourth-order valence-electron chi connectivity index (χ4n) is 1.93. The Morgan fingerprint density at radius 3 is 2.62 bits per heavy atom. The zero-order valence-electron chi connectivity index (χ0n) is 13.5. The first-order chi connectivity index (χ1) is 11.4. The van der Waals surface area contributed by atoms with Crippen LogP contribution in [0, 0.1) is 0 Å². The lowest BCUT2D eigenvalue weighted by Gasteiger charge is -2.19. The van der Waals surface area contributed by atoms with E-state index in [1.54, 1.807) is 32.9 Å². The quantitative estimate of drug-likeness (QED) is 0.763. The van der Waals surface area contributed by atoms with Crippen molar-refractivity contribution in [3.05, 3.63) is 36.7 Å². The third kappa shape index (κ3) is 3.78. The number of amides is 1. The Labute approximate surface area is 138 Å². The number of nitrogens with one attached hydrogen (secondary N) is 2. The van der Waals surface area contributed by atoms with Crippen molar-refractivity contribution >= 4 is 23.2 Å². The van der Waals surface area contributed by atoms with Gasteiger partial charge in [-0.2, -0.15) is 9.97 Å². The van der Waals surface area contributed by atoms with Gasteiger partial charge < -0.3 is 14.5 Å². The molecule has 2 aromatic heterocycles. The molecule has 24 heavy (non-hydrogen) atoms. The summed E-state index contributed by atoms with van der Waals surface area (Å²) in [6.45, 7) is 5.32.